The smallest absolute Gasteiger partial charge is 0.0922 e. The van der Waals surface area contributed by atoms with Crippen molar-refractivity contribution in [2.24, 2.45) is 5.92 Å². The number of rotatable bonds is 5. The van der Waals surface area contributed by atoms with Crippen LogP contribution in [-0.4, -0.2) is 31.3 Å². The van der Waals surface area contributed by atoms with E-state index in [1.807, 2.05) is 16.8 Å². The van der Waals surface area contributed by atoms with Crippen molar-refractivity contribution in [3.05, 3.63) is 22.4 Å². The maximum Gasteiger partial charge on any atom is 0.0922 e. The number of piperidine rings is 1. The highest BCUT2D eigenvalue weighted by molar-refractivity contribution is 7.07. The standard InChI is InChI=1S/C12H20N2OS/c15-12(11-3-6-16-9-11)8-14-7-10-1-4-13-5-2-10/h3,6,9-10,12-15H,1-2,4-5,7-8H2. The molecule has 0 aliphatic carbocycles. The van der Waals surface area contributed by atoms with Gasteiger partial charge in [-0.2, -0.15) is 11.3 Å². The van der Waals surface area contributed by atoms with Crippen LogP contribution in [0.4, 0.5) is 0 Å². The van der Waals surface area contributed by atoms with Crippen molar-refractivity contribution < 1.29 is 5.11 Å². The van der Waals surface area contributed by atoms with E-state index in [2.05, 4.69) is 10.6 Å². The molecule has 3 N–H and O–H groups in total. The first-order valence-corrected chi connectivity index (χ1v) is 6.92. The molecule has 1 aliphatic heterocycles. The number of aliphatic hydroxyl groups excluding tert-OH is 1. The highest BCUT2D eigenvalue weighted by Gasteiger charge is 2.13. The Hall–Kier alpha value is -0.420. The molecule has 1 aromatic rings. The zero-order valence-corrected chi connectivity index (χ0v) is 10.3. The van der Waals surface area contributed by atoms with E-state index in [4.69, 9.17) is 0 Å². The molecule has 1 fully saturated rings. The van der Waals surface area contributed by atoms with Crippen LogP contribution in [0.3, 0.4) is 0 Å². The molecule has 0 spiro atoms. The van der Waals surface area contributed by atoms with Crippen molar-refractivity contribution in [1.29, 1.82) is 0 Å². The van der Waals surface area contributed by atoms with Crippen molar-refractivity contribution in [3.8, 4) is 0 Å². The topological polar surface area (TPSA) is 44.3 Å². The summed E-state index contributed by atoms with van der Waals surface area (Å²) in [5.74, 6) is 0.774. The minimum absolute atomic E-state index is 0.354. The largest absolute Gasteiger partial charge is 0.387 e. The van der Waals surface area contributed by atoms with E-state index in [1.54, 1.807) is 11.3 Å². The Kier molecular flexibility index (Phi) is 4.78. The van der Waals surface area contributed by atoms with Crippen molar-refractivity contribution in [2.75, 3.05) is 26.2 Å². The van der Waals surface area contributed by atoms with Gasteiger partial charge in [-0.3, -0.25) is 0 Å². The molecule has 0 saturated carbocycles. The number of aliphatic hydroxyl groups is 1. The van der Waals surface area contributed by atoms with Gasteiger partial charge in [0, 0.05) is 6.54 Å². The lowest BCUT2D eigenvalue weighted by molar-refractivity contribution is 0.171. The first-order valence-electron chi connectivity index (χ1n) is 5.98. The third-order valence-electron chi connectivity index (χ3n) is 3.16. The summed E-state index contributed by atoms with van der Waals surface area (Å²) in [5, 5.41) is 20.6. The van der Waals surface area contributed by atoms with Gasteiger partial charge in [0.25, 0.3) is 0 Å². The predicted molar refractivity (Wildman–Crippen MR) is 67.7 cm³/mol. The Bertz CT molecular complexity index is 283. The van der Waals surface area contributed by atoms with Crippen LogP contribution in [0.5, 0.6) is 0 Å². The fourth-order valence-electron chi connectivity index (χ4n) is 2.09. The van der Waals surface area contributed by atoms with Gasteiger partial charge in [0.05, 0.1) is 6.10 Å². The Morgan fingerprint density at radius 2 is 2.31 bits per heavy atom. The zero-order chi connectivity index (χ0) is 11.2. The average molecular weight is 240 g/mol. The number of hydrogen-bond acceptors (Lipinski definition) is 4. The van der Waals surface area contributed by atoms with E-state index >= 15 is 0 Å². The summed E-state index contributed by atoms with van der Waals surface area (Å²) in [4.78, 5) is 0. The number of nitrogens with one attached hydrogen (secondary N) is 2. The van der Waals surface area contributed by atoms with E-state index in [9.17, 15) is 5.11 Å². The average Bonchev–Trinajstić information content (AvgIpc) is 2.84. The van der Waals surface area contributed by atoms with Gasteiger partial charge in [-0.1, -0.05) is 0 Å². The van der Waals surface area contributed by atoms with Crippen LogP contribution in [0, 0.1) is 5.92 Å². The van der Waals surface area contributed by atoms with E-state index in [1.165, 1.54) is 12.8 Å². The van der Waals surface area contributed by atoms with Gasteiger partial charge in [-0.15, -0.1) is 0 Å². The van der Waals surface area contributed by atoms with Crippen LogP contribution < -0.4 is 10.6 Å². The molecule has 3 nitrogen and oxygen atoms in total. The third kappa shape index (κ3) is 3.56. The lowest BCUT2D eigenvalue weighted by Gasteiger charge is -2.23. The third-order valence-corrected chi connectivity index (χ3v) is 3.86. The van der Waals surface area contributed by atoms with Crippen LogP contribution >= 0.6 is 11.3 Å². The minimum Gasteiger partial charge on any atom is -0.387 e. The van der Waals surface area contributed by atoms with Gasteiger partial charge in [0.15, 0.2) is 0 Å². The van der Waals surface area contributed by atoms with Crippen molar-refractivity contribution in [2.45, 2.75) is 18.9 Å². The summed E-state index contributed by atoms with van der Waals surface area (Å²) in [6.07, 6.45) is 2.15. The molecule has 0 amide bonds. The summed E-state index contributed by atoms with van der Waals surface area (Å²) >= 11 is 1.63. The molecule has 0 bridgehead atoms. The van der Waals surface area contributed by atoms with E-state index < -0.39 is 0 Å². The molecule has 2 rings (SSSR count). The van der Waals surface area contributed by atoms with E-state index in [-0.39, 0.29) is 6.10 Å². The van der Waals surface area contributed by atoms with Crippen LogP contribution in [0.25, 0.3) is 0 Å². The summed E-state index contributed by atoms with van der Waals surface area (Å²) in [5.41, 5.74) is 1.03. The van der Waals surface area contributed by atoms with Crippen molar-refractivity contribution >= 4 is 11.3 Å². The molecule has 1 saturated heterocycles. The minimum atomic E-state index is -0.354. The predicted octanol–water partition coefficient (Wildman–Crippen LogP) is 1.37. The number of hydrogen-bond donors (Lipinski definition) is 3. The van der Waals surface area contributed by atoms with Crippen molar-refractivity contribution in [1.82, 2.24) is 10.6 Å². The monoisotopic (exact) mass is 240 g/mol. The summed E-state index contributed by atoms with van der Waals surface area (Å²) < 4.78 is 0. The lowest BCUT2D eigenvalue weighted by Crippen LogP contribution is -2.34. The molecular weight excluding hydrogens is 220 g/mol. The molecule has 0 radical (unpaired) electrons. The second-order valence-electron chi connectivity index (χ2n) is 4.42. The van der Waals surface area contributed by atoms with Gasteiger partial charge in [0.1, 0.15) is 0 Å². The lowest BCUT2D eigenvalue weighted by atomic mass is 9.98. The summed E-state index contributed by atoms with van der Waals surface area (Å²) in [6.45, 7) is 3.97. The van der Waals surface area contributed by atoms with Gasteiger partial charge in [-0.25, -0.2) is 0 Å². The first-order chi connectivity index (χ1) is 7.86. The maximum atomic E-state index is 9.87. The van der Waals surface area contributed by atoms with Gasteiger partial charge < -0.3 is 15.7 Å². The van der Waals surface area contributed by atoms with Crippen LogP contribution in [0.2, 0.25) is 0 Å². The second kappa shape index (κ2) is 6.35. The highest BCUT2D eigenvalue weighted by Crippen LogP contribution is 2.15. The van der Waals surface area contributed by atoms with Crippen LogP contribution in [0.1, 0.15) is 24.5 Å². The Labute approximate surface area is 101 Å². The molecule has 1 aliphatic rings. The zero-order valence-electron chi connectivity index (χ0n) is 9.48. The molecule has 4 heteroatoms. The SMILES string of the molecule is OC(CNCC1CCNCC1)c1ccsc1. The first kappa shape index (κ1) is 12.0. The molecule has 0 aromatic carbocycles. The van der Waals surface area contributed by atoms with Crippen molar-refractivity contribution in [3.63, 3.8) is 0 Å². The molecule has 1 aromatic heterocycles. The summed E-state index contributed by atoms with van der Waals surface area (Å²) in [6, 6.07) is 1.99. The fourth-order valence-corrected chi connectivity index (χ4v) is 2.80. The quantitative estimate of drug-likeness (QED) is 0.728. The molecular formula is C12H20N2OS. The van der Waals surface area contributed by atoms with Gasteiger partial charge >= 0.3 is 0 Å². The summed E-state index contributed by atoms with van der Waals surface area (Å²) in [7, 11) is 0. The van der Waals surface area contributed by atoms with E-state index in [0.29, 0.717) is 6.54 Å². The van der Waals surface area contributed by atoms with Gasteiger partial charge in [0.2, 0.25) is 0 Å². The number of thiophene rings is 1. The molecule has 16 heavy (non-hydrogen) atoms. The Balaban J connectivity index is 1.63. The van der Waals surface area contributed by atoms with E-state index in [0.717, 1.165) is 31.1 Å². The highest BCUT2D eigenvalue weighted by atomic mass is 32.1. The molecule has 1 unspecified atom stereocenters. The Morgan fingerprint density at radius 1 is 1.50 bits per heavy atom. The normalized spacial score (nSPS) is 19.8. The second-order valence-corrected chi connectivity index (χ2v) is 5.20. The fraction of sp³-hybridized carbons (Fsp3) is 0.667. The molecule has 90 valence electrons. The molecule has 1 atom stereocenters. The van der Waals surface area contributed by atoms with Gasteiger partial charge in [-0.05, 0) is 60.8 Å². The van der Waals surface area contributed by atoms with Crippen LogP contribution in [0.15, 0.2) is 16.8 Å². The van der Waals surface area contributed by atoms with Crippen LogP contribution in [-0.2, 0) is 0 Å². The maximum absolute atomic E-state index is 9.87. The Morgan fingerprint density at radius 3 is 3.00 bits per heavy atom. The molecule has 2 heterocycles.